The molecular formula is C21H23NO. The summed E-state index contributed by atoms with van der Waals surface area (Å²) in [6.45, 7) is 4.01. The van der Waals surface area contributed by atoms with E-state index < -0.39 is 0 Å². The lowest BCUT2D eigenvalue weighted by Gasteiger charge is -2.11. The van der Waals surface area contributed by atoms with Crippen LogP contribution in [0.1, 0.15) is 16.7 Å². The average molecular weight is 305 g/mol. The van der Waals surface area contributed by atoms with E-state index in [9.17, 15) is 0 Å². The number of nitrogens with one attached hydrogen (secondary N) is 1. The Bertz CT molecular complexity index is 795. The van der Waals surface area contributed by atoms with Crippen LogP contribution in [0.25, 0.3) is 10.8 Å². The lowest BCUT2D eigenvalue weighted by molar-refractivity contribution is 0.419. The average Bonchev–Trinajstić information content (AvgIpc) is 2.58. The maximum atomic E-state index is 5.46. The molecule has 3 rings (SSSR count). The highest BCUT2D eigenvalue weighted by Gasteiger charge is 2.05. The lowest BCUT2D eigenvalue weighted by atomic mass is 10.0. The van der Waals surface area contributed by atoms with Crippen LogP contribution in [-0.2, 0) is 13.0 Å². The minimum atomic E-state index is 0.912. The van der Waals surface area contributed by atoms with E-state index in [1.807, 2.05) is 0 Å². The predicted octanol–water partition coefficient (Wildman–Crippen LogP) is 4.49. The van der Waals surface area contributed by atoms with Crippen LogP contribution in [0, 0.1) is 6.92 Å². The quantitative estimate of drug-likeness (QED) is 0.678. The molecule has 0 aliphatic heterocycles. The summed E-state index contributed by atoms with van der Waals surface area (Å²) >= 11 is 0. The molecule has 0 unspecified atom stereocenters. The number of fused-ring (bicyclic) bond motifs is 1. The minimum Gasteiger partial charge on any atom is -0.496 e. The van der Waals surface area contributed by atoms with Gasteiger partial charge in [-0.15, -0.1) is 0 Å². The number of hydrogen-bond acceptors (Lipinski definition) is 2. The van der Waals surface area contributed by atoms with Gasteiger partial charge in [0, 0.05) is 11.9 Å². The van der Waals surface area contributed by atoms with Crippen LogP contribution in [-0.4, -0.2) is 13.7 Å². The molecule has 0 heterocycles. The Morgan fingerprint density at radius 3 is 2.52 bits per heavy atom. The van der Waals surface area contributed by atoms with Crippen molar-refractivity contribution in [3.63, 3.8) is 0 Å². The lowest BCUT2D eigenvalue weighted by Crippen LogP contribution is -2.16. The largest absolute Gasteiger partial charge is 0.496 e. The highest BCUT2D eigenvalue weighted by molar-refractivity contribution is 5.91. The summed E-state index contributed by atoms with van der Waals surface area (Å²) in [5, 5.41) is 6.01. The van der Waals surface area contributed by atoms with Crippen molar-refractivity contribution in [1.82, 2.24) is 5.32 Å². The highest BCUT2D eigenvalue weighted by Crippen LogP contribution is 2.28. The van der Waals surface area contributed by atoms with Crippen molar-refractivity contribution in [3.05, 3.63) is 77.4 Å². The van der Waals surface area contributed by atoms with Gasteiger partial charge in [0.25, 0.3) is 0 Å². The fraction of sp³-hybridized carbons (Fsp3) is 0.238. The van der Waals surface area contributed by atoms with Gasteiger partial charge < -0.3 is 10.1 Å². The third kappa shape index (κ3) is 3.72. The molecule has 0 amide bonds. The number of methoxy groups -OCH3 is 1. The molecule has 3 aromatic rings. The smallest absolute Gasteiger partial charge is 0.126 e. The van der Waals surface area contributed by atoms with E-state index in [-0.39, 0.29) is 0 Å². The first-order valence-corrected chi connectivity index (χ1v) is 8.09. The van der Waals surface area contributed by atoms with Gasteiger partial charge in [-0.3, -0.25) is 0 Å². The molecule has 0 fully saturated rings. The first-order chi connectivity index (χ1) is 11.3. The predicted molar refractivity (Wildman–Crippen MR) is 97.1 cm³/mol. The zero-order chi connectivity index (χ0) is 16.1. The summed E-state index contributed by atoms with van der Waals surface area (Å²) in [5.74, 6) is 0.942. The van der Waals surface area contributed by atoms with Crippen LogP contribution in [0.2, 0.25) is 0 Å². The molecule has 3 aromatic carbocycles. The van der Waals surface area contributed by atoms with Gasteiger partial charge in [-0.05, 0) is 42.5 Å². The zero-order valence-corrected chi connectivity index (χ0v) is 13.8. The van der Waals surface area contributed by atoms with E-state index in [1.165, 1.54) is 27.5 Å². The van der Waals surface area contributed by atoms with Gasteiger partial charge >= 0.3 is 0 Å². The highest BCUT2D eigenvalue weighted by atomic mass is 16.5. The summed E-state index contributed by atoms with van der Waals surface area (Å²) in [5.41, 5.74) is 4.01. The molecule has 118 valence electrons. The van der Waals surface area contributed by atoms with Gasteiger partial charge in [0.05, 0.1) is 7.11 Å². The number of hydrogen-bond donors (Lipinski definition) is 1. The summed E-state index contributed by atoms with van der Waals surface area (Å²) < 4.78 is 5.46. The Hall–Kier alpha value is -2.32. The summed E-state index contributed by atoms with van der Waals surface area (Å²) in [7, 11) is 1.73. The van der Waals surface area contributed by atoms with E-state index >= 15 is 0 Å². The molecule has 1 N–H and O–H groups in total. The van der Waals surface area contributed by atoms with Gasteiger partial charge in [0.1, 0.15) is 5.75 Å². The molecule has 2 nitrogen and oxygen atoms in total. The van der Waals surface area contributed by atoms with Crippen LogP contribution in [0.5, 0.6) is 5.75 Å². The number of benzene rings is 3. The van der Waals surface area contributed by atoms with Crippen molar-refractivity contribution in [2.75, 3.05) is 13.7 Å². The molecule has 0 aromatic heterocycles. The van der Waals surface area contributed by atoms with Crippen molar-refractivity contribution < 1.29 is 4.74 Å². The summed E-state index contributed by atoms with van der Waals surface area (Å²) in [4.78, 5) is 0. The van der Waals surface area contributed by atoms with E-state index in [0.29, 0.717) is 0 Å². The van der Waals surface area contributed by atoms with Crippen molar-refractivity contribution in [2.45, 2.75) is 19.9 Å². The van der Waals surface area contributed by atoms with E-state index in [1.54, 1.807) is 7.11 Å². The number of rotatable bonds is 6. The standard InChI is InChI=1S/C21H23NO/c1-16-6-5-7-17(14-16)15-22-13-12-18-10-11-21(23-2)20-9-4-3-8-19(18)20/h3-11,14,22H,12-13,15H2,1-2H3. The van der Waals surface area contributed by atoms with Crippen LogP contribution < -0.4 is 10.1 Å². The molecule has 0 aliphatic carbocycles. The molecule has 0 saturated heterocycles. The summed E-state index contributed by atoms with van der Waals surface area (Å²) in [6.07, 6.45) is 1.01. The Morgan fingerprint density at radius 2 is 1.74 bits per heavy atom. The topological polar surface area (TPSA) is 21.3 Å². The van der Waals surface area contributed by atoms with Crippen LogP contribution >= 0.6 is 0 Å². The molecule has 2 heteroatoms. The number of aryl methyl sites for hydroxylation is 1. The van der Waals surface area contributed by atoms with Crippen LogP contribution in [0.4, 0.5) is 0 Å². The number of ether oxygens (including phenoxy) is 1. The molecule has 23 heavy (non-hydrogen) atoms. The van der Waals surface area contributed by atoms with Gasteiger partial charge in [-0.1, -0.05) is 60.2 Å². The maximum Gasteiger partial charge on any atom is 0.126 e. The van der Waals surface area contributed by atoms with Crippen molar-refractivity contribution in [1.29, 1.82) is 0 Å². The maximum absolute atomic E-state index is 5.46. The second kappa shape index (κ2) is 7.30. The Balaban J connectivity index is 1.66. The molecule has 0 radical (unpaired) electrons. The van der Waals surface area contributed by atoms with E-state index in [0.717, 1.165) is 25.3 Å². The normalized spacial score (nSPS) is 10.9. The van der Waals surface area contributed by atoms with Gasteiger partial charge in [0.15, 0.2) is 0 Å². The zero-order valence-electron chi connectivity index (χ0n) is 13.8. The second-order valence-electron chi connectivity index (χ2n) is 5.89. The molecule has 0 bridgehead atoms. The first-order valence-electron chi connectivity index (χ1n) is 8.09. The molecule has 0 saturated carbocycles. The monoisotopic (exact) mass is 305 g/mol. The Kier molecular flexibility index (Phi) is 4.94. The Morgan fingerprint density at radius 1 is 0.913 bits per heavy atom. The van der Waals surface area contributed by atoms with Gasteiger partial charge in [0.2, 0.25) is 0 Å². The molecule has 0 spiro atoms. The Labute approximate surface area is 138 Å². The molecule has 0 atom stereocenters. The van der Waals surface area contributed by atoms with Gasteiger partial charge in [-0.2, -0.15) is 0 Å². The fourth-order valence-corrected chi connectivity index (χ4v) is 3.01. The van der Waals surface area contributed by atoms with Gasteiger partial charge in [-0.25, -0.2) is 0 Å². The third-order valence-electron chi connectivity index (χ3n) is 4.18. The van der Waals surface area contributed by atoms with E-state index in [4.69, 9.17) is 4.74 Å². The first kappa shape index (κ1) is 15.6. The van der Waals surface area contributed by atoms with Crippen molar-refractivity contribution in [3.8, 4) is 5.75 Å². The van der Waals surface area contributed by atoms with E-state index in [2.05, 4.69) is 72.9 Å². The third-order valence-corrected chi connectivity index (χ3v) is 4.18. The molecule has 0 aliphatic rings. The summed E-state index contributed by atoms with van der Waals surface area (Å²) in [6, 6.07) is 21.3. The van der Waals surface area contributed by atoms with Crippen molar-refractivity contribution in [2.24, 2.45) is 0 Å². The van der Waals surface area contributed by atoms with Crippen LogP contribution in [0.3, 0.4) is 0 Å². The SMILES string of the molecule is COc1ccc(CCNCc2cccc(C)c2)c2ccccc12. The van der Waals surface area contributed by atoms with Crippen molar-refractivity contribution >= 4 is 10.8 Å². The molecular weight excluding hydrogens is 282 g/mol. The fourth-order valence-electron chi connectivity index (χ4n) is 3.01. The van der Waals surface area contributed by atoms with Crippen LogP contribution in [0.15, 0.2) is 60.7 Å². The minimum absolute atomic E-state index is 0.912. The second-order valence-corrected chi connectivity index (χ2v) is 5.89.